The second-order valence-corrected chi connectivity index (χ2v) is 6.54. The van der Waals surface area contributed by atoms with Gasteiger partial charge in [0.15, 0.2) is 0 Å². The Kier molecular flexibility index (Phi) is 5.07. The van der Waals surface area contributed by atoms with Gasteiger partial charge in [-0.25, -0.2) is 0 Å². The molecule has 0 aliphatic carbocycles. The van der Waals surface area contributed by atoms with Crippen molar-refractivity contribution in [1.29, 1.82) is 0 Å². The van der Waals surface area contributed by atoms with Crippen LogP contribution in [0.1, 0.15) is 25.3 Å². The lowest BCUT2D eigenvalue weighted by molar-refractivity contribution is 0.0240. The van der Waals surface area contributed by atoms with E-state index in [2.05, 4.69) is 34.2 Å². The van der Waals surface area contributed by atoms with E-state index in [9.17, 15) is 0 Å². The SMILES string of the molecule is CC1(CNCc2ccc(Br)c(Cl)c2)CCOCC1. The molecule has 4 heteroatoms. The largest absolute Gasteiger partial charge is 0.381 e. The molecule has 0 bridgehead atoms. The molecule has 0 saturated carbocycles. The Bertz CT molecular complexity index is 405. The Balaban J connectivity index is 1.82. The van der Waals surface area contributed by atoms with E-state index in [0.717, 1.165) is 48.6 Å². The van der Waals surface area contributed by atoms with Gasteiger partial charge in [-0.1, -0.05) is 24.6 Å². The van der Waals surface area contributed by atoms with Crippen molar-refractivity contribution in [1.82, 2.24) is 5.32 Å². The summed E-state index contributed by atoms with van der Waals surface area (Å²) in [5.74, 6) is 0. The van der Waals surface area contributed by atoms with Crippen molar-refractivity contribution < 1.29 is 4.74 Å². The van der Waals surface area contributed by atoms with Crippen molar-refractivity contribution in [3.05, 3.63) is 33.3 Å². The molecule has 1 N–H and O–H groups in total. The highest BCUT2D eigenvalue weighted by Crippen LogP contribution is 2.29. The third-order valence-electron chi connectivity index (χ3n) is 3.56. The van der Waals surface area contributed by atoms with Gasteiger partial charge in [0.05, 0.1) is 5.02 Å². The molecule has 0 unspecified atom stereocenters. The standard InChI is InChI=1S/C14H19BrClNO/c1-14(4-6-18-7-5-14)10-17-9-11-2-3-12(15)13(16)8-11/h2-3,8,17H,4-7,9-10H2,1H3. The Morgan fingerprint density at radius 3 is 2.78 bits per heavy atom. The summed E-state index contributed by atoms with van der Waals surface area (Å²) in [6.07, 6.45) is 2.28. The Labute approximate surface area is 122 Å². The van der Waals surface area contributed by atoms with Crippen LogP contribution in [-0.4, -0.2) is 19.8 Å². The van der Waals surface area contributed by atoms with Gasteiger partial charge < -0.3 is 10.1 Å². The summed E-state index contributed by atoms with van der Waals surface area (Å²) in [4.78, 5) is 0. The fourth-order valence-corrected chi connectivity index (χ4v) is 2.65. The van der Waals surface area contributed by atoms with Crippen molar-refractivity contribution in [3.8, 4) is 0 Å². The zero-order chi connectivity index (χ0) is 13.0. The predicted octanol–water partition coefficient (Wildman–Crippen LogP) is 4.01. The van der Waals surface area contributed by atoms with Gasteiger partial charge >= 0.3 is 0 Å². The minimum absolute atomic E-state index is 0.372. The van der Waals surface area contributed by atoms with E-state index in [-0.39, 0.29) is 0 Å². The van der Waals surface area contributed by atoms with E-state index in [4.69, 9.17) is 16.3 Å². The molecule has 1 aliphatic rings. The minimum Gasteiger partial charge on any atom is -0.381 e. The summed E-state index contributed by atoms with van der Waals surface area (Å²) in [6.45, 7) is 6.01. The molecule has 2 rings (SSSR count). The van der Waals surface area contributed by atoms with E-state index < -0.39 is 0 Å². The molecular formula is C14H19BrClNO. The zero-order valence-electron chi connectivity index (χ0n) is 10.6. The van der Waals surface area contributed by atoms with Crippen molar-refractivity contribution in [2.45, 2.75) is 26.3 Å². The van der Waals surface area contributed by atoms with E-state index in [1.807, 2.05) is 12.1 Å². The Morgan fingerprint density at radius 1 is 1.39 bits per heavy atom. The van der Waals surface area contributed by atoms with Gasteiger partial charge in [-0.05, 0) is 51.9 Å². The van der Waals surface area contributed by atoms with E-state index in [0.29, 0.717) is 5.41 Å². The molecule has 100 valence electrons. The highest BCUT2D eigenvalue weighted by atomic mass is 79.9. The van der Waals surface area contributed by atoms with Gasteiger partial charge in [0.1, 0.15) is 0 Å². The summed E-state index contributed by atoms with van der Waals surface area (Å²) in [7, 11) is 0. The van der Waals surface area contributed by atoms with Gasteiger partial charge in [0, 0.05) is 30.8 Å². The lowest BCUT2D eigenvalue weighted by Crippen LogP contribution is -2.36. The molecule has 0 spiro atoms. The summed E-state index contributed by atoms with van der Waals surface area (Å²) in [5.41, 5.74) is 1.59. The third kappa shape index (κ3) is 3.95. The van der Waals surface area contributed by atoms with Crippen LogP contribution in [0, 0.1) is 5.41 Å². The molecule has 1 aromatic rings. The fraction of sp³-hybridized carbons (Fsp3) is 0.571. The van der Waals surface area contributed by atoms with Crippen LogP contribution in [0.3, 0.4) is 0 Å². The smallest absolute Gasteiger partial charge is 0.0551 e. The first-order valence-electron chi connectivity index (χ1n) is 6.31. The second-order valence-electron chi connectivity index (χ2n) is 5.28. The molecule has 0 atom stereocenters. The summed E-state index contributed by atoms with van der Waals surface area (Å²) in [5, 5.41) is 4.30. The van der Waals surface area contributed by atoms with Crippen molar-refractivity contribution in [2.24, 2.45) is 5.41 Å². The molecule has 1 aliphatic heterocycles. The monoisotopic (exact) mass is 331 g/mol. The van der Waals surface area contributed by atoms with Crippen molar-refractivity contribution >= 4 is 27.5 Å². The maximum absolute atomic E-state index is 6.08. The van der Waals surface area contributed by atoms with Gasteiger partial charge in [0.2, 0.25) is 0 Å². The van der Waals surface area contributed by atoms with Crippen LogP contribution >= 0.6 is 27.5 Å². The van der Waals surface area contributed by atoms with Crippen LogP contribution in [0.2, 0.25) is 5.02 Å². The van der Waals surface area contributed by atoms with Crippen molar-refractivity contribution in [2.75, 3.05) is 19.8 Å². The number of nitrogens with one attached hydrogen (secondary N) is 1. The first kappa shape index (κ1) is 14.3. The molecule has 18 heavy (non-hydrogen) atoms. The second kappa shape index (κ2) is 6.38. The molecule has 1 saturated heterocycles. The fourth-order valence-electron chi connectivity index (χ4n) is 2.20. The lowest BCUT2D eigenvalue weighted by atomic mass is 9.82. The van der Waals surface area contributed by atoms with Gasteiger partial charge in [0.25, 0.3) is 0 Å². The molecule has 2 nitrogen and oxygen atoms in total. The molecule has 1 fully saturated rings. The lowest BCUT2D eigenvalue weighted by Gasteiger charge is -2.33. The first-order valence-corrected chi connectivity index (χ1v) is 7.49. The average Bonchev–Trinajstić information content (AvgIpc) is 2.34. The molecular weight excluding hydrogens is 314 g/mol. The van der Waals surface area contributed by atoms with Gasteiger partial charge in [-0.3, -0.25) is 0 Å². The minimum atomic E-state index is 0.372. The van der Waals surface area contributed by atoms with Crippen molar-refractivity contribution in [3.63, 3.8) is 0 Å². The van der Waals surface area contributed by atoms with E-state index >= 15 is 0 Å². The van der Waals surface area contributed by atoms with E-state index in [1.54, 1.807) is 0 Å². The van der Waals surface area contributed by atoms with Gasteiger partial charge in [-0.15, -0.1) is 0 Å². The van der Waals surface area contributed by atoms with Crippen LogP contribution in [-0.2, 0) is 11.3 Å². The maximum atomic E-state index is 6.08. The molecule has 1 aromatic carbocycles. The highest BCUT2D eigenvalue weighted by molar-refractivity contribution is 9.10. The molecule has 0 radical (unpaired) electrons. The number of rotatable bonds is 4. The number of ether oxygens (including phenoxy) is 1. The topological polar surface area (TPSA) is 21.3 Å². The molecule has 0 aromatic heterocycles. The Hall–Kier alpha value is -0.0900. The normalized spacial score (nSPS) is 18.8. The van der Waals surface area contributed by atoms with Crippen LogP contribution < -0.4 is 5.32 Å². The van der Waals surface area contributed by atoms with E-state index in [1.165, 1.54) is 5.56 Å². The summed E-state index contributed by atoms with van der Waals surface area (Å²) in [6, 6.07) is 6.09. The van der Waals surface area contributed by atoms with Crippen LogP contribution in [0.5, 0.6) is 0 Å². The van der Waals surface area contributed by atoms with Gasteiger partial charge in [-0.2, -0.15) is 0 Å². The number of halogens is 2. The summed E-state index contributed by atoms with van der Waals surface area (Å²) < 4.78 is 6.36. The van der Waals surface area contributed by atoms with Crippen LogP contribution in [0.15, 0.2) is 22.7 Å². The zero-order valence-corrected chi connectivity index (χ0v) is 13.0. The van der Waals surface area contributed by atoms with Crippen LogP contribution in [0.4, 0.5) is 0 Å². The third-order valence-corrected chi connectivity index (χ3v) is 4.80. The van der Waals surface area contributed by atoms with Crippen LogP contribution in [0.25, 0.3) is 0 Å². The highest BCUT2D eigenvalue weighted by Gasteiger charge is 2.26. The average molecular weight is 333 g/mol. The molecule has 0 amide bonds. The summed E-state index contributed by atoms with van der Waals surface area (Å²) >= 11 is 9.48. The number of hydrogen-bond acceptors (Lipinski definition) is 2. The quantitative estimate of drug-likeness (QED) is 0.899. The number of benzene rings is 1. The maximum Gasteiger partial charge on any atom is 0.0551 e. The molecule has 1 heterocycles. The predicted molar refractivity (Wildman–Crippen MR) is 79.0 cm³/mol. The Morgan fingerprint density at radius 2 is 2.11 bits per heavy atom. The number of hydrogen-bond donors (Lipinski definition) is 1. The first-order chi connectivity index (χ1) is 8.59.